The van der Waals surface area contributed by atoms with Crippen molar-refractivity contribution in [3.63, 3.8) is 0 Å². The fourth-order valence-electron chi connectivity index (χ4n) is 2.61. The maximum atomic E-state index is 13.6. The van der Waals surface area contributed by atoms with Crippen LogP contribution in [0.25, 0.3) is 0 Å². The summed E-state index contributed by atoms with van der Waals surface area (Å²) in [4.78, 5) is 2.03. The summed E-state index contributed by atoms with van der Waals surface area (Å²) < 4.78 is 13.6. The van der Waals surface area contributed by atoms with Crippen molar-refractivity contribution in [3.8, 4) is 5.75 Å². The average molecular weight is 347 g/mol. The quantitative estimate of drug-likeness (QED) is 0.850. The number of hydrogen-bond donors (Lipinski definition) is 1. The third-order valence-electron chi connectivity index (χ3n) is 3.99. The Hall–Kier alpha value is -1.44. The van der Waals surface area contributed by atoms with E-state index in [2.05, 4.69) is 32.9 Å². The highest BCUT2D eigenvalue weighted by atomic mass is 31.1. The standard InChI is InChI=1S/C20H27FNOP/c1-13-9-15(20(2,3)4)11-18(19(13)23)24-17-8-7-16(21)10-14(17)12-22(5)6/h7-11,23-24H,12H2,1-6H3. The first kappa shape index (κ1) is 18.9. The molecule has 24 heavy (non-hydrogen) atoms. The van der Waals surface area contributed by atoms with E-state index in [1.165, 1.54) is 11.6 Å². The highest BCUT2D eigenvalue weighted by Crippen LogP contribution is 2.30. The van der Waals surface area contributed by atoms with Crippen molar-refractivity contribution in [2.24, 2.45) is 0 Å². The van der Waals surface area contributed by atoms with Crippen LogP contribution in [0.5, 0.6) is 5.75 Å². The molecule has 1 N–H and O–H groups in total. The Labute approximate surface area is 146 Å². The van der Waals surface area contributed by atoms with Crippen molar-refractivity contribution in [1.29, 1.82) is 0 Å². The lowest BCUT2D eigenvalue weighted by atomic mass is 9.86. The van der Waals surface area contributed by atoms with Crippen LogP contribution < -0.4 is 10.6 Å². The van der Waals surface area contributed by atoms with Gasteiger partial charge in [-0.05, 0) is 66.6 Å². The predicted molar refractivity (Wildman–Crippen MR) is 103 cm³/mol. The second kappa shape index (κ2) is 7.21. The highest BCUT2D eigenvalue weighted by Gasteiger charge is 2.18. The topological polar surface area (TPSA) is 23.5 Å². The van der Waals surface area contributed by atoms with Gasteiger partial charge in [-0.1, -0.05) is 41.5 Å². The lowest BCUT2D eigenvalue weighted by Gasteiger charge is -2.22. The molecule has 4 heteroatoms. The summed E-state index contributed by atoms with van der Waals surface area (Å²) in [5.74, 6) is 0.130. The first-order valence-electron chi connectivity index (χ1n) is 8.12. The predicted octanol–water partition coefficient (Wildman–Crippen LogP) is 3.83. The summed E-state index contributed by atoms with van der Waals surface area (Å²) in [7, 11) is 4.24. The van der Waals surface area contributed by atoms with Gasteiger partial charge in [0.2, 0.25) is 0 Å². The molecule has 2 aromatic rings. The van der Waals surface area contributed by atoms with Crippen molar-refractivity contribution < 1.29 is 9.50 Å². The van der Waals surface area contributed by atoms with Gasteiger partial charge >= 0.3 is 0 Å². The molecule has 0 aromatic heterocycles. The van der Waals surface area contributed by atoms with Gasteiger partial charge in [0.25, 0.3) is 0 Å². The summed E-state index contributed by atoms with van der Waals surface area (Å²) in [6.45, 7) is 9.12. The monoisotopic (exact) mass is 347 g/mol. The zero-order chi connectivity index (χ0) is 18.1. The molecule has 0 saturated carbocycles. The molecule has 2 nitrogen and oxygen atoms in total. The highest BCUT2D eigenvalue weighted by molar-refractivity contribution is 7.55. The Balaban J connectivity index is 2.46. The number of phenols is 1. The average Bonchev–Trinajstić information content (AvgIpc) is 2.44. The molecule has 0 aliphatic heterocycles. The lowest BCUT2D eigenvalue weighted by molar-refractivity contribution is 0.402. The van der Waals surface area contributed by atoms with Gasteiger partial charge in [0, 0.05) is 11.8 Å². The summed E-state index contributed by atoms with van der Waals surface area (Å²) in [6, 6.07) is 9.07. The molecule has 1 unspecified atom stereocenters. The van der Waals surface area contributed by atoms with Crippen LogP contribution in [-0.2, 0) is 12.0 Å². The SMILES string of the molecule is Cc1cc(C(C)(C)C)cc(Pc2ccc(F)cc2CN(C)C)c1O. The Morgan fingerprint density at radius 3 is 2.33 bits per heavy atom. The molecule has 0 saturated heterocycles. The largest absolute Gasteiger partial charge is 0.507 e. The van der Waals surface area contributed by atoms with E-state index in [1.54, 1.807) is 6.07 Å². The number of hydrogen-bond acceptors (Lipinski definition) is 2. The van der Waals surface area contributed by atoms with E-state index in [0.29, 0.717) is 20.9 Å². The molecule has 0 radical (unpaired) electrons. The molecule has 130 valence electrons. The van der Waals surface area contributed by atoms with E-state index in [4.69, 9.17) is 0 Å². The fourth-order valence-corrected chi connectivity index (χ4v) is 3.92. The molecule has 0 aliphatic rings. The van der Waals surface area contributed by atoms with Gasteiger partial charge < -0.3 is 10.0 Å². The summed E-state index contributed by atoms with van der Waals surface area (Å²) >= 11 is 0. The third-order valence-corrected chi connectivity index (χ3v) is 5.40. The molecule has 0 heterocycles. The fraction of sp³-hybridized carbons (Fsp3) is 0.400. The minimum atomic E-state index is -0.218. The maximum absolute atomic E-state index is 13.6. The molecule has 2 aromatic carbocycles. The van der Waals surface area contributed by atoms with E-state index in [0.717, 1.165) is 21.7 Å². The van der Waals surface area contributed by atoms with Crippen LogP contribution >= 0.6 is 8.58 Å². The second-order valence-corrected chi connectivity index (χ2v) is 8.93. The minimum absolute atomic E-state index is 0.0208. The molecule has 0 fully saturated rings. The molecule has 0 amide bonds. The van der Waals surface area contributed by atoms with Crippen LogP contribution in [0, 0.1) is 12.7 Å². The minimum Gasteiger partial charge on any atom is -0.507 e. The van der Waals surface area contributed by atoms with Gasteiger partial charge in [-0.3, -0.25) is 0 Å². The number of nitrogens with zero attached hydrogens (tertiary/aromatic N) is 1. The van der Waals surface area contributed by atoms with Crippen molar-refractivity contribution in [1.82, 2.24) is 4.90 Å². The van der Waals surface area contributed by atoms with Crippen LogP contribution in [0.3, 0.4) is 0 Å². The van der Waals surface area contributed by atoms with Crippen LogP contribution in [0.15, 0.2) is 30.3 Å². The van der Waals surface area contributed by atoms with E-state index in [9.17, 15) is 9.50 Å². The molecule has 2 rings (SSSR count). The molecule has 0 aliphatic carbocycles. The summed E-state index contributed by atoms with van der Waals surface area (Å²) in [5, 5.41) is 12.5. The van der Waals surface area contributed by atoms with Gasteiger partial charge in [-0.2, -0.15) is 0 Å². The van der Waals surface area contributed by atoms with Gasteiger partial charge in [-0.15, -0.1) is 0 Å². The Kier molecular flexibility index (Phi) is 5.67. The maximum Gasteiger partial charge on any atom is 0.126 e. The van der Waals surface area contributed by atoms with Gasteiger partial charge in [0.15, 0.2) is 0 Å². The number of halogens is 1. The number of aryl methyl sites for hydroxylation is 1. The van der Waals surface area contributed by atoms with E-state index < -0.39 is 0 Å². The van der Waals surface area contributed by atoms with Crippen molar-refractivity contribution in [2.75, 3.05) is 14.1 Å². The zero-order valence-corrected chi connectivity index (χ0v) is 16.4. The molecule has 1 atom stereocenters. The van der Waals surface area contributed by atoms with Gasteiger partial charge in [0.05, 0.1) is 0 Å². The molecule has 0 spiro atoms. The molecular weight excluding hydrogens is 320 g/mol. The smallest absolute Gasteiger partial charge is 0.126 e. The Morgan fingerprint density at radius 2 is 1.75 bits per heavy atom. The van der Waals surface area contributed by atoms with E-state index in [1.807, 2.05) is 32.0 Å². The summed E-state index contributed by atoms with van der Waals surface area (Å²) in [6.07, 6.45) is 0. The van der Waals surface area contributed by atoms with Crippen molar-refractivity contribution >= 4 is 19.2 Å². The normalized spacial score (nSPS) is 12.5. The zero-order valence-electron chi connectivity index (χ0n) is 15.4. The van der Waals surface area contributed by atoms with E-state index >= 15 is 0 Å². The molecule has 0 bridgehead atoms. The number of aromatic hydroxyl groups is 1. The second-order valence-electron chi connectivity index (χ2n) is 7.60. The third kappa shape index (κ3) is 4.55. The van der Waals surface area contributed by atoms with Gasteiger partial charge in [-0.25, -0.2) is 4.39 Å². The van der Waals surface area contributed by atoms with Crippen LogP contribution in [0.4, 0.5) is 4.39 Å². The van der Waals surface area contributed by atoms with Crippen LogP contribution in [0.1, 0.15) is 37.5 Å². The summed E-state index contributed by atoms with van der Waals surface area (Å²) in [5.41, 5.74) is 3.08. The Morgan fingerprint density at radius 1 is 1.08 bits per heavy atom. The number of phenolic OH excluding ortho intramolecular Hbond substituents is 1. The number of benzene rings is 2. The Bertz CT molecular complexity index is 735. The first-order chi connectivity index (χ1) is 11.1. The lowest BCUT2D eigenvalue weighted by Crippen LogP contribution is -2.19. The number of rotatable bonds is 4. The van der Waals surface area contributed by atoms with Crippen LogP contribution in [-0.4, -0.2) is 24.1 Å². The van der Waals surface area contributed by atoms with Crippen molar-refractivity contribution in [2.45, 2.75) is 39.7 Å². The van der Waals surface area contributed by atoms with Crippen LogP contribution in [0.2, 0.25) is 0 Å². The van der Waals surface area contributed by atoms with Crippen molar-refractivity contribution in [3.05, 3.63) is 52.8 Å². The van der Waals surface area contributed by atoms with Gasteiger partial charge in [0.1, 0.15) is 11.6 Å². The first-order valence-corrected chi connectivity index (χ1v) is 9.12. The molecular formula is C20H27FNOP. The van der Waals surface area contributed by atoms with E-state index in [-0.39, 0.29) is 11.2 Å².